The van der Waals surface area contributed by atoms with Crippen molar-refractivity contribution < 1.29 is 47.9 Å². The van der Waals surface area contributed by atoms with E-state index in [9.17, 15) is 43.2 Å². The number of aromatic amines is 1. The van der Waals surface area contributed by atoms with E-state index < -0.39 is 120 Å². The molecule has 3 aromatic rings. The number of aromatic nitrogens is 1. The Kier molecular flexibility index (Phi) is 20.6. The van der Waals surface area contributed by atoms with Crippen molar-refractivity contribution >= 4 is 75.9 Å². The van der Waals surface area contributed by atoms with Crippen LogP contribution in [0.25, 0.3) is 10.9 Å². The predicted octanol–water partition coefficient (Wildman–Crippen LogP) is -2.16. The first-order chi connectivity index (χ1) is 34.8. The maximum atomic E-state index is 15.0. The molecule has 2 bridgehead atoms. The highest BCUT2D eigenvalue weighted by atomic mass is 16.2. The maximum absolute atomic E-state index is 15.0. The van der Waals surface area contributed by atoms with Crippen molar-refractivity contribution in [3.63, 3.8) is 0 Å². The van der Waals surface area contributed by atoms with Crippen molar-refractivity contribution in [2.75, 3.05) is 19.6 Å². The number of benzene rings is 2. The molecule has 2 aliphatic rings. The number of fused-ring (bicyclic) bond motifs is 3. The molecule has 2 aliphatic heterocycles. The Hall–Kier alpha value is -8.05. The second-order valence-corrected chi connectivity index (χ2v) is 18.3. The van der Waals surface area contributed by atoms with Gasteiger partial charge in [-0.1, -0.05) is 68.3 Å². The Labute approximate surface area is 422 Å². The van der Waals surface area contributed by atoms with E-state index in [2.05, 4.69) is 52.8 Å². The quantitative estimate of drug-likeness (QED) is 0.0440. The van der Waals surface area contributed by atoms with Crippen LogP contribution in [0.2, 0.25) is 0 Å². The first kappa shape index (κ1) is 55.9. The minimum atomic E-state index is -1.58. The third-order valence-corrected chi connectivity index (χ3v) is 12.5. The van der Waals surface area contributed by atoms with Crippen molar-refractivity contribution in [2.45, 2.75) is 133 Å². The molecule has 73 heavy (non-hydrogen) atoms. The molecule has 24 heteroatoms. The van der Waals surface area contributed by atoms with Crippen molar-refractivity contribution in [2.24, 2.45) is 11.5 Å². The summed E-state index contributed by atoms with van der Waals surface area (Å²) in [6, 6.07) is 5.13. The minimum absolute atomic E-state index is 0.0205. The summed E-state index contributed by atoms with van der Waals surface area (Å²) in [4.78, 5) is 142. The van der Waals surface area contributed by atoms with E-state index in [-0.39, 0.29) is 64.0 Å². The van der Waals surface area contributed by atoms with Crippen LogP contribution in [-0.2, 0) is 60.8 Å². The van der Waals surface area contributed by atoms with Gasteiger partial charge in [0.25, 0.3) is 0 Å². The fourth-order valence-electron chi connectivity index (χ4n) is 8.66. The fourth-order valence-corrected chi connectivity index (χ4v) is 8.66. The molecular weight excluding hydrogens is 945 g/mol. The summed E-state index contributed by atoms with van der Waals surface area (Å²) in [7, 11) is 0. The highest BCUT2D eigenvalue weighted by Crippen LogP contribution is 2.21. The number of primary amides is 1. The van der Waals surface area contributed by atoms with Gasteiger partial charge in [0, 0.05) is 50.0 Å². The van der Waals surface area contributed by atoms with E-state index in [0.717, 1.165) is 10.9 Å². The largest absolute Gasteiger partial charge is 0.370 e. The number of amides is 10. The predicted molar refractivity (Wildman–Crippen MR) is 267 cm³/mol. The Morgan fingerprint density at radius 1 is 0.822 bits per heavy atom. The number of carbonyl (C=O) groups is 10. The molecule has 2 saturated heterocycles. The van der Waals surface area contributed by atoms with Crippen LogP contribution in [-0.4, -0.2) is 143 Å². The van der Waals surface area contributed by atoms with Crippen LogP contribution < -0.4 is 59.3 Å². The zero-order valence-corrected chi connectivity index (χ0v) is 41.3. The lowest BCUT2D eigenvalue weighted by Crippen LogP contribution is -2.68. The molecule has 394 valence electrons. The molecule has 3 heterocycles. The lowest BCUT2D eigenvalue weighted by Gasteiger charge is -2.41. The number of rotatable bonds is 15. The molecule has 2 aromatic carbocycles. The average molecular weight is 1010 g/mol. The molecule has 0 aliphatic carbocycles. The van der Waals surface area contributed by atoms with Crippen molar-refractivity contribution in [3.05, 3.63) is 71.9 Å². The summed E-state index contributed by atoms with van der Waals surface area (Å²) in [5.74, 6) is -8.18. The molecule has 15 N–H and O–H groups in total. The van der Waals surface area contributed by atoms with Gasteiger partial charge in [0.15, 0.2) is 5.96 Å². The Morgan fingerprint density at radius 3 is 2.23 bits per heavy atom. The first-order valence-electron chi connectivity index (χ1n) is 24.5. The van der Waals surface area contributed by atoms with Crippen LogP contribution in [0.3, 0.4) is 0 Å². The summed E-state index contributed by atoms with van der Waals surface area (Å²) in [6.45, 7) is 4.09. The molecule has 24 nitrogen and oxygen atoms in total. The molecular formula is C49H68N14O10. The topological polar surface area (TPSA) is 374 Å². The average Bonchev–Trinajstić information content (AvgIpc) is 3.76. The number of carbonyl (C=O) groups excluding carboxylic acids is 10. The van der Waals surface area contributed by atoms with Crippen LogP contribution in [0.1, 0.15) is 83.3 Å². The number of nitrogens with one attached hydrogen (secondary N) is 11. The number of hydrogen-bond acceptors (Lipinski definition) is 11. The van der Waals surface area contributed by atoms with Crippen LogP contribution >= 0.6 is 0 Å². The van der Waals surface area contributed by atoms with Crippen molar-refractivity contribution in [1.82, 2.24) is 57.7 Å². The SMILES string of the molecule is CCCC[C@H](NC(C)=O)C(=O)N[C@H]1CC(=O)NCCCC(C(N)=O)NC(=O)[C@H](Cc2c[nH]c3ccccc23)NC(=O)[C@H]2CN(C(=O)[C@@H](Cc3ccccc3)NC(=O)[C@H](C)NC1=O)[C@@H](CCCNC(=N)N)C(=O)N2. The Bertz CT molecular complexity index is 2500. The summed E-state index contributed by atoms with van der Waals surface area (Å²) < 4.78 is 0. The van der Waals surface area contributed by atoms with Gasteiger partial charge in [-0.25, -0.2) is 0 Å². The number of para-hydroxylation sites is 1. The molecule has 1 aromatic heterocycles. The third kappa shape index (κ3) is 16.5. The third-order valence-electron chi connectivity index (χ3n) is 12.5. The molecule has 1 unspecified atom stereocenters. The molecule has 8 atom stereocenters. The van der Waals surface area contributed by atoms with E-state index in [1.165, 1.54) is 18.7 Å². The lowest BCUT2D eigenvalue weighted by molar-refractivity contribution is -0.150. The van der Waals surface area contributed by atoms with Crippen LogP contribution in [0.15, 0.2) is 60.8 Å². The minimum Gasteiger partial charge on any atom is -0.370 e. The highest BCUT2D eigenvalue weighted by molar-refractivity contribution is 6.00. The highest BCUT2D eigenvalue weighted by Gasteiger charge is 2.43. The summed E-state index contributed by atoms with van der Waals surface area (Å²) in [5.41, 5.74) is 13.2. The van der Waals surface area contributed by atoms with Gasteiger partial charge in [0.05, 0.1) is 13.0 Å². The van der Waals surface area contributed by atoms with Crippen LogP contribution in [0.4, 0.5) is 0 Å². The first-order valence-corrected chi connectivity index (χ1v) is 24.5. The van der Waals surface area contributed by atoms with Gasteiger partial charge in [-0.3, -0.25) is 53.4 Å². The van der Waals surface area contributed by atoms with E-state index in [0.29, 0.717) is 24.0 Å². The van der Waals surface area contributed by atoms with Gasteiger partial charge >= 0.3 is 0 Å². The number of unbranched alkanes of at least 4 members (excludes halogenated alkanes) is 1. The number of guanidine groups is 1. The summed E-state index contributed by atoms with van der Waals surface area (Å²) in [6.07, 6.45) is 2.51. The Morgan fingerprint density at radius 2 is 1.53 bits per heavy atom. The van der Waals surface area contributed by atoms with Crippen LogP contribution in [0, 0.1) is 5.41 Å². The zero-order chi connectivity index (χ0) is 53.2. The normalized spacial score (nSPS) is 23.3. The van der Waals surface area contributed by atoms with Gasteiger partial charge in [-0.15, -0.1) is 0 Å². The summed E-state index contributed by atoms with van der Waals surface area (Å²) in [5, 5.41) is 32.0. The van der Waals surface area contributed by atoms with Gasteiger partial charge in [0.1, 0.15) is 48.3 Å². The van der Waals surface area contributed by atoms with Gasteiger partial charge in [-0.05, 0) is 56.2 Å². The standard InChI is InChI=1S/C49H68N14O10/c1-4-5-16-34(57-28(3)64)43(68)60-36-24-40(65)53-20-11-18-33(41(50)66)58-45(70)35(23-30-25-55-32-17-10-9-15-31(30)32)59-46(71)38-26-63(39(47(72)62-38)19-12-21-54-49(51)52)48(73)37(22-29-13-7-6-8-14-29)61-42(67)27(2)56-44(36)69/h6-10,13-15,17,25,27,33-39,55H,4-5,11-12,16,18-24,26H2,1-3H3,(H2,50,66)(H,53,65)(H,56,69)(H,57,64)(H,58,70)(H,59,71)(H,60,68)(H,61,67)(H,62,72)(H4,51,52,54)/t27-,33?,34-,35-,36-,37+,38+,39-/m0/s1. The molecule has 0 radical (unpaired) electrons. The van der Waals surface area contributed by atoms with Gasteiger partial charge in [-0.2, -0.15) is 0 Å². The second kappa shape index (κ2) is 27.0. The van der Waals surface area contributed by atoms with Gasteiger partial charge < -0.3 is 69.2 Å². The monoisotopic (exact) mass is 1010 g/mol. The number of piperazine rings is 1. The smallest absolute Gasteiger partial charge is 0.246 e. The van der Waals surface area contributed by atoms with E-state index >= 15 is 4.79 Å². The second-order valence-electron chi connectivity index (χ2n) is 18.3. The maximum Gasteiger partial charge on any atom is 0.246 e. The molecule has 0 spiro atoms. The number of nitrogens with zero attached hydrogens (tertiary/aromatic N) is 1. The molecule has 5 rings (SSSR count). The van der Waals surface area contributed by atoms with E-state index in [1.807, 2.05) is 25.1 Å². The van der Waals surface area contributed by atoms with Gasteiger partial charge in [0.2, 0.25) is 59.1 Å². The Balaban J connectivity index is 1.54. The van der Waals surface area contributed by atoms with E-state index in [4.69, 9.17) is 16.9 Å². The molecule has 2 fully saturated rings. The molecule has 10 amide bonds. The number of H-pyrrole nitrogens is 1. The summed E-state index contributed by atoms with van der Waals surface area (Å²) >= 11 is 0. The number of hydrogen-bond donors (Lipinski definition) is 13. The van der Waals surface area contributed by atoms with Crippen LogP contribution in [0.5, 0.6) is 0 Å². The number of nitrogens with two attached hydrogens (primary N) is 2. The van der Waals surface area contributed by atoms with Crippen molar-refractivity contribution in [3.8, 4) is 0 Å². The van der Waals surface area contributed by atoms with Crippen molar-refractivity contribution in [1.29, 1.82) is 5.41 Å². The molecule has 0 saturated carbocycles. The lowest BCUT2D eigenvalue weighted by atomic mass is 9.98. The zero-order valence-electron chi connectivity index (χ0n) is 41.3. The van der Waals surface area contributed by atoms with E-state index in [1.54, 1.807) is 42.6 Å². The fraction of sp³-hybridized carbons (Fsp3) is 0.490.